The molecule has 0 amide bonds. The van der Waals surface area contributed by atoms with Gasteiger partial charge in [-0.15, -0.1) is 0 Å². The molecular formula is C48H31NO2. The lowest BCUT2D eigenvalue weighted by molar-refractivity contribution is 0.664. The molecule has 10 rings (SSSR count). The number of para-hydroxylation sites is 3. The third kappa shape index (κ3) is 4.90. The summed E-state index contributed by atoms with van der Waals surface area (Å²) in [5, 5.41) is 4.36. The average Bonchev–Trinajstić information content (AvgIpc) is 3.78. The Balaban J connectivity index is 1.14. The van der Waals surface area contributed by atoms with Crippen molar-refractivity contribution in [1.29, 1.82) is 0 Å². The number of benzene rings is 8. The van der Waals surface area contributed by atoms with Crippen molar-refractivity contribution < 1.29 is 8.83 Å². The molecule has 0 N–H and O–H groups in total. The largest absolute Gasteiger partial charge is 0.456 e. The van der Waals surface area contributed by atoms with Crippen LogP contribution in [0.4, 0.5) is 17.1 Å². The normalized spacial score (nSPS) is 11.5. The Bertz CT molecular complexity index is 2830. The van der Waals surface area contributed by atoms with Crippen LogP contribution in [0.2, 0.25) is 0 Å². The zero-order valence-corrected chi connectivity index (χ0v) is 27.7. The Labute approximate surface area is 295 Å². The maximum Gasteiger partial charge on any atom is 0.144 e. The van der Waals surface area contributed by atoms with Crippen LogP contribution in [0.25, 0.3) is 77.3 Å². The highest BCUT2D eigenvalue weighted by Crippen LogP contribution is 2.46. The summed E-state index contributed by atoms with van der Waals surface area (Å²) in [6.45, 7) is 0. The van der Waals surface area contributed by atoms with Gasteiger partial charge in [-0.2, -0.15) is 0 Å². The maximum absolute atomic E-state index is 6.64. The molecule has 0 spiro atoms. The molecule has 0 unspecified atom stereocenters. The molecule has 0 aliphatic rings. The number of hydrogen-bond donors (Lipinski definition) is 0. The van der Waals surface area contributed by atoms with E-state index in [4.69, 9.17) is 8.83 Å². The highest BCUT2D eigenvalue weighted by Gasteiger charge is 2.22. The lowest BCUT2D eigenvalue weighted by atomic mass is 9.97. The van der Waals surface area contributed by atoms with Gasteiger partial charge in [0.2, 0.25) is 0 Å². The van der Waals surface area contributed by atoms with E-state index in [0.717, 1.165) is 77.6 Å². The molecule has 2 heterocycles. The second kappa shape index (κ2) is 11.9. The van der Waals surface area contributed by atoms with Gasteiger partial charge in [-0.05, 0) is 70.8 Å². The molecule has 3 nitrogen and oxygen atoms in total. The van der Waals surface area contributed by atoms with Crippen molar-refractivity contribution in [3.05, 3.63) is 188 Å². The van der Waals surface area contributed by atoms with Crippen molar-refractivity contribution in [2.45, 2.75) is 0 Å². The summed E-state index contributed by atoms with van der Waals surface area (Å²) in [5.74, 6) is 0. The average molecular weight is 654 g/mol. The van der Waals surface area contributed by atoms with Crippen molar-refractivity contribution in [2.75, 3.05) is 4.90 Å². The maximum atomic E-state index is 6.64. The van der Waals surface area contributed by atoms with Crippen molar-refractivity contribution in [3.63, 3.8) is 0 Å². The number of anilines is 3. The molecule has 2 aromatic heterocycles. The Hall–Kier alpha value is -6.84. The summed E-state index contributed by atoms with van der Waals surface area (Å²) in [5.41, 5.74) is 13.5. The van der Waals surface area contributed by atoms with Crippen molar-refractivity contribution >= 4 is 60.9 Å². The van der Waals surface area contributed by atoms with Crippen LogP contribution in [0, 0.1) is 0 Å². The predicted molar refractivity (Wildman–Crippen MR) is 212 cm³/mol. The molecule has 0 saturated heterocycles. The van der Waals surface area contributed by atoms with Gasteiger partial charge in [0.25, 0.3) is 0 Å². The van der Waals surface area contributed by atoms with Crippen LogP contribution < -0.4 is 4.90 Å². The summed E-state index contributed by atoms with van der Waals surface area (Å²) < 4.78 is 13.1. The summed E-state index contributed by atoms with van der Waals surface area (Å²) in [6, 6.07) is 66.1. The molecule has 240 valence electrons. The van der Waals surface area contributed by atoms with E-state index in [2.05, 4.69) is 169 Å². The molecule has 3 heteroatoms. The van der Waals surface area contributed by atoms with Gasteiger partial charge in [0.1, 0.15) is 22.3 Å². The topological polar surface area (TPSA) is 29.5 Å². The monoisotopic (exact) mass is 653 g/mol. The molecule has 0 aliphatic carbocycles. The smallest absolute Gasteiger partial charge is 0.144 e. The number of fused-ring (bicyclic) bond motifs is 7. The van der Waals surface area contributed by atoms with Gasteiger partial charge >= 0.3 is 0 Å². The minimum Gasteiger partial charge on any atom is -0.456 e. The molecule has 0 aliphatic heterocycles. The van der Waals surface area contributed by atoms with E-state index >= 15 is 0 Å². The molecule has 0 fully saturated rings. The molecule has 0 radical (unpaired) electrons. The van der Waals surface area contributed by atoms with E-state index in [1.54, 1.807) is 0 Å². The first-order valence-electron chi connectivity index (χ1n) is 17.3. The van der Waals surface area contributed by atoms with E-state index in [1.165, 1.54) is 16.7 Å². The summed E-state index contributed by atoms with van der Waals surface area (Å²) in [4.78, 5) is 2.35. The lowest BCUT2D eigenvalue weighted by Crippen LogP contribution is -2.11. The zero-order valence-electron chi connectivity index (χ0n) is 27.7. The summed E-state index contributed by atoms with van der Waals surface area (Å²) in [7, 11) is 0. The lowest BCUT2D eigenvalue weighted by Gasteiger charge is -2.28. The SMILES string of the molecule is c1ccc(-c2ccc(N(c3ccc(-c4cc5oc6ccccc6c5c5c4oc4ccccc45)cc3)c3ccccc3-c3ccccc3)cc2)cc1. The van der Waals surface area contributed by atoms with E-state index < -0.39 is 0 Å². The van der Waals surface area contributed by atoms with Crippen molar-refractivity contribution in [2.24, 2.45) is 0 Å². The quantitative estimate of drug-likeness (QED) is 0.179. The van der Waals surface area contributed by atoms with Crippen LogP contribution in [0.15, 0.2) is 197 Å². The van der Waals surface area contributed by atoms with Gasteiger partial charge in [-0.25, -0.2) is 0 Å². The summed E-state index contributed by atoms with van der Waals surface area (Å²) in [6.07, 6.45) is 0. The van der Waals surface area contributed by atoms with Crippen molar-refractivity contribution in [1.82, 2.24) is 0 Å². The Morgan fingerprint density at radius 3 is 1.51 bits per heavy atom. The fourth-order valence-electron chi connectivity index (χ4n) is 7.50. The highest BCUT2D eigenvalue weighted by molar-refractivity contribution is 6.28. The number of rotatable bonds is 6. The number of furan rings is 2. The fraction of sp³-hybridized carbons (Fsp3) is 0. The van der Waals surface area contributed by atoms with Crippen LogP contribution in [0.1, 0.15) is 0 Å². The van der Waals surface area contributed by atoms with E-state index in [1.807, 2.05) is 24.3 Å². The fourth-order valence-corrected chi connectivity index (χ4v) is 7.50. The number of nitrogens with zero attached hydrogens (tertiary/aromatic N) is 1. The Morgan fingerprint density at radius 1 is 0.333 bits per heavy atom. The second-order valence-corrected chi connectivity index (χ2v) is 12.9. The third-order valence-electron chi connectivity index (χ3n) is 9.89. The minimum absolute atomic E-state index is 0.853. The zero-order chi connectivity index (χ0) is 33.7. The van der Waals surface area contributed by atoms with E-state index in [-0.39, 0.29) is 0 Å². The van der Waals surface area contributed by atoms with E-state index in [9.17, 15) is 0 Å². The Kier molecular flexibility index (Phi) is 6.81. The van der Waals surface area contributed by atoms with E-state index in [0.29, 0.717) is 0 Å². The van der Waals surface area contributed by atoms with Crippen LogP contribution in [-0.4, -0.2) is 0 Å². The Morgan fingerprint density at radius 2 is 0.824 bits per heavy atom. The molecular weight excluding hydrogens is 623 g/mol. The molecule has 10 aromatic rings. The van der Waals surface area contributed by atoms with Gasteiger partial charge in [0, 0.05) is 44.0 Å². The van der Waals surface area contributed by atoms with Gasteiger partial charge in [-0.1, -0.05) is 140 Å². The van der Waals surface area contributed by atoms with Crippen LogP contribution in [-0.2, 0) is 0 Å². The minimum atomic E-state index is 0.853. The first kappa shape index (κ1) is 29.1. The molecule has 0 bridgehead atoms. The second-order valence-electron chi connectivity index (χ2n) is 12.9. The number of hydrogen-bond acceptors (Lipinski definition) is 3. The van der Waals surface area contributed by atoms with Crippen LogP contribution in [0.5, 0.6) is 0 Å². The third-order valence-corrected chi connectivity index (χ3v) is 9.89. The molecule has 0 atom stereocenters. The highest BCUT2D eigenvalue weighted by atomic mass is 16.3. The predicted octanol–water partition coefficient (Wildman–Crippen LogP) is 14.0. The molecule has 8 aromatic carbocycles. The van der Waals surface area contributed by atoms with Crippen molar-refractivity contribution in [3.8, 4) is 33.4 Å². The van der Waals surface area contributed by atoms with Gasteiger partial charge in [0.05, 0.1) is 5.69 Å². The molecule has 51 heavy (non-hydrogen) atoms. The van der Waals surface area contributed by atoms with Crippen LogP contribution in [0.3, 0.4) is 0 Å². The first-order chi connectivity index (χ1) is 25.3. The molecule has 0 saturated carbocycles. The summed E-state index contributed by atoms with van der Waals surface area (Å²) >= 11 is 0. The van der Waals surface area contributed by atoms with Crippen LogP contribution >= 0.6 is 0 Å². The van der Waals surface area contributed by atoms with Gasteiger partial charge in [-0.3, -0.25) is 0 Å². The standard InChI is InChI=1S/C48H31NO2/c1-3-13-32(14-4-1)33-23-27-36(28-24-33)49(42-20-10-7-17-38(42)34-15-5-2-6-16-34)37-29-25-35(26-30-37)41-31-45-46(39-18-8-11-21-43(39)50-45)47-40-19-9-12-22-44(40)51-48(41)47/h1-31H. The van der Waals surface area contributed by atoms with Gasteiger partial charge < -0.3 is 13.7 Å². The van der Waals surface area contributed by atoms with Gasteiger partial charge in [0.15, 0.2) is 0 Å². The first-order valence-corrected chi connectivity index (χ1v) is 17.3.